The molecule has 0 saturated heterocycles. The number of hydrogen-bond donors (Lipinski definition) is 1. The van der Waals surface area contributed by atoms with Gasteiger partial charge in [0.15, 0.2) is 0 Å². The van der Waals surface area contributed by atoms with Crippen molar-refractivity contribution in [2.24, 2.45) is 5.73 Å². The molecule has 1 rings (SSSR count). The molecule has 3 nitrogen and oxygen atoms in total. The van der Waals surface area contributed by atoms with Crippen molar-refractivity contribution in [3.8, 4) is 0 Å². The summed E-state index contributed by atoms with van der Waals surface area (Å²) >= 11 is 3.29. The normalized spacial score (nSPS) is 12.2. The van der Waals surface area contributed by atoms with Crippen LogP contribution < -0.4 is 5.73 Å². The zero-order valence-corrected chi connectivity index (χ0v) is 8.74. The Morgan fingerprint density at radius 1 is 1.62 bits per heavy atom. The van der Waals surface area contributed by atoms with Crippen molar-refractivity contribution in [1.29, 1.82) is 0 Å². The molecule has 0 fully saturated rings. The highest BCUT2D eigenvalue weighted by atomic mass is 79.9. The van der Waals surface area contributed by atoms with Gasteiger partial charge in [-0.15, -0.1) is 0 Å². The third-order valence-corrected chi connectivity index (χ3v) is 2.16. The van der Waals surface area contributed by atoms with Gasteiger partial charge in [-0.05, 0) is 17.7 Å². The molecule has 0 aliphatic rings. The van der Waals surface area contributed by atoms with Crippen molar-refractivity contribution in [3.63, 3.8) is 0 Å². The Balaban J connectivity index is 2.88. The minimum absolute atomic E-state index is 0.432. The first kappa shape index (κ1) is 10.2. The van der Waals surface area contributed by atoms with Gasteiger partial charge in [-0.2, -0.15) is 0 Å². The molecule has 0 heterocycles. The molecule has 0 radical (unpaired) electrons. The second-order valence-electron chi connectivity index (χ2n) is 2.56. The number of benzene rings is 1. The van der Waals surface area contributed by atoms with Crippen molar-refractivity contribution in [2.45, 2.75) is 6.04 Å². The van der Waals surface area contributed by atoms with Gasteiger partial charge in [0.2, 0.25) is 0 Å². The Bertz CT molecular complexity index is 314. The summed E-state index contributed by atoms with van der Waals surface area (Å²) in [4.78, 5) is 11.1. The number of rotatable bonds is 2. The van der Waals surface area contributed by atoms with Gasteiger partial charge in [-0.1, -0.05) is 28.1 Å². The molecular weight excluding hydrogens is 234 g/mol. The van der Waals surface area contributed by atoms with E-state index in [4.69, 9.17) is 5.73 Å². The molecule has 0 aliphatic heterocycles. The number of esters is 1. The van der Waals surface area contributed by atoms with Crippen LogP contribution in [-0.2, 0) is 9.53 Å². The Morgan fingerprint density at radius 2 is 2.31 bits per heavy atom. The first-order chi connectivity index (χ1) is 6.15. The average Bonchev–Trinajstić information content (AvgIpc) is 2.15. The second-order valence-corrected chi connectivity index (χ2v) is 3.47. The van der Waals surface area contributed by atoms with Crippen molar-refractivity contribution in [3.05, 3.63) is 34.3 Å². The Labute approximate surface area is 85.0 Å². The Kier molecular flexibility index (Phi) is 3.45. The molecule has 0 aliphatic carbocycles. The van der Waals surface area contributed by atoms with Crippen LogP contribution in [0.1, 0.15) is 11.6 Å². The summed E-state index contributed by atoms with van der Waals surface area (Å²) in [7, 11) is 1.32. The van der Waals surface area contributed by atoms with Gasteiger partial charge >= 0.3 is 5.97 Å². The topological polar surface area (TPSA) is 52.3 Å². The third-order valence-electron chi connectivity index (χ3n) is 1.66. The van der Waals surface area contributed by atoms with Crippen molar-refractivity contribution in [2.75, 3.05) is 7.11 Å². The van der Waals surface area contributed by atoms with E-state index in [0.717, 1.165) is 10.0 Å². The van der Waals surface area contributed by atoms with E-state index in [-0.39, 0.29) is 0 Å². The SMILES string of the molecule is COC(=O)C(N)c1cccc(Br)c1. The first-order valence-corrected chi connectivity index (χ1v) is 4.53. The van der Waals surface area contributed by atoms with Crippen LogP contribution in [-0.4, -0.2) is 13.1 Å². The number of hydrogen-bond acceptors (Lipinski definition) is 3. The molecule has 1 aromatic carbocycles. The number of ether oxygens (including phenoxy) is 1. The lowest BCUT2D eigenvalue weighted by molar-refractivity contribution is -0.142. The summed E-state index contributed by atoms with van der Waals surface area (Å²) in [5.41, 5.74) is 6.36. The van der Waals surface area contributed by atoms with Gasteiger partial charge < -0.3 is 10.5 Å². The Hall–Kier alpha value is -0.870. The van der Waals surface area contributed by atoms with E-state index in [9.17, 15) is 4.79 Å². The first-order valence-electron chi connectivity index (χ1n) is 3.74. The van der Waals surface area contributed by atoms with Crippen LogP contribution in [0.4, 0.5) is 0 Å². The highest BCUT2D eigenvalue weighted by molar-refractivity contribution is 9.10. The van der Waals surface area contributed by atoms with Crippen LogP contribution >= 0.6 is 15.9 Å². The molecule has 1 atom stereocenters. The summed E-state index contributed by atoms with van der Waals surface area (Å²) in [5, 5.41) is 0. The number of methoxy groups -OCH3 is 1. The molecule has 2 N–H and O–H groups in total. The summed E-state index contributed by atoms with van der Waals surface area (Å²) in [6.07, 6.45) is 0. The van der Waals surface area contributed by atoms with E-state index in [2.05, 4.69) is 20.7 Å². The lowest BCUT2D eigenvalue weighted by atomic mass is 10.1. The fourth-order valence-corrected chi connectivity index (χ4v) is 1.38. The summed E-state index contributed by atoms with van der Waals surface area (Å²) < 4.78 is 5.42. The highest BCUT2D eigenvalue weighted by Crippen LogP contribution is 2.17. The molecule has 1 aromatic rings. The minimum Gasteiger partial charge on any atom is -0.468 e. The van der Waals surface area contributed by atoms with Crippen molar-refractivity contribution in [1.82, 2.24) is 0 Å². The number of carbonyl (C=O) groups is 1. The summed E-state index contributed by atoms with van der Waals surface area (Å²) in [5.74, 6) is -0.432. The molecule has 1 unspecified atom stereocenters. The fraction of sp³-hybridized carbons (Fsp3) is 0.222. The Morgan fingerprint density at radius 3 is 2.85 bits per heavy atom. The molecule has 0 saturated carbocycles. The summed E-state index contributed by atoms with van der Waals surface area (Å²) in [6, 6.07) is 6.56. The second kappa shape index (κ2) is 4.39. The minimum atomic E-state index is -0.706. The van der Waals surface area contributed by atoms with E-state index in [1.54, 1.807) is 12.1 Å². The molecule has 0 bridgehead atoms. The van der Waals surface area contributed by atoms with Crippen LogP contribution in [0, 0.1) is 0 Å². The molecule has 4 heteroatoms. The maximum absolute atomic E-state index is 11.1. The largest absolute Gasteiger partial charge is 0.468 e. The zero-order chi connectivity index (χ0) is 9.84. The monoisotopic (exact) mass is 243 g/mol. The van der Waals surface area contributed by atoms with Crippen LogP contribution in [0.5, 0.6) is 0 Å². The van der Waals surface area contributed by atoms with E-state index < -0.39 is 12.0 Å². The third kappa shape index (κ3) is 2.54. The van der Waals surface area contributed by atoms with Crippen LogP contribution in [0.25, 0.3) is 0 Å². The smallest absolute Gasteiger partial charge is 0.327 e. The number of halogens is 1. The maximum atomic E-state index is 11.1. The standard InChI is InChI=1S/C9H10BrNO2/c1-13-9(12)8(11)6-3-2-4-7(10)5-6/h2-5,8H,11H2,1H3. The van der Waals surface area contributed by atoms with E-state index in [1.807, 2.05) is 12.1 Å². The lowest BCUT2D eigenvalue weighted by Gasteiger charge is -2.09. The molecule has 0 amide bonds. The van der Waals surface area contributed by atoms with Crippen LogP contribution in [0.2, 0.25) is 0 Å². The van der Waals surface area contributed by atoms with Gasteiger partial charge in [0.05, 0.1) is 7.11 Å². The molecule has 70 valence electrons. The van der Waals surface area contributed by atoms with Crippen LogP contribution in [0.15, 0.2) is 28.7 Å². The predicted molar refractivity (Wildman–Crippen MR) is 53.1 cm³/mol. The maximum Gasteiger partial charge on any atom is 0.327 e. The molecular formula is C9H10BrNO2. The summed E-state index contributed by atoms with van der Waals surface area (Å²) in [6.45, 7) is 0. The lowest BCUT2D eigenvalue weighted by Crippen LogP contribution is -2.22. The highest BCUT2D eigenvalue weighted by Gasteiger charge is 2.15. The average molecular weight is 244 g/mol. The van der Waals surface area contributed by atoms with Crippen molar-refractivity contribution < 1.29 is 9.53 Å². The van der Waals surface area contributed by atoms with Gasteiger partial charge in [0.1, 0.15) is 6.04 Å². The number of carbonyl (C=O) groups excluding carboxylic acids is 1. The van der Waals surface area contributed by atoms with E-state index in [1.165, 1.54) is 7.11 Å². The molecule has 13 heavy (non-hydrogen) atoms. The predicted octanol–water partition coefficient (Wildman–Crippen LogP) is 1.62. The van der Waals surface area contributed by atoms with Gasteiger partial charge in [-0.3, -0.25) is 4.79 Å². The van der Waals surface area contributed by atoms with Crippen LogP contribution in [0.3, 0.4) is 0 Å². The quantitative estimate of drug-likeness (QED) is 0.804. The van der Waals surface area contributed by atoms with Crippen molar-refractivity contribution >= 4 is 21.9 Å². The van der Waals surface area contributed by atoms with E-state index in [0.29, 0.717) is 0 Å². The van der Waals surface area contributed by atoms with Gasteiger partial charge in [0.25, 0.3) is 0 Å². The zero-order valence-electron chi connectivity index (χ0n) is 7.16. The fourth-order valence-electron chi connectivity index (χ4n) is 0.963. The van der Waals surface area contributed by atoms with E-state index >= 15 is 0 Å². The molecule has 0 spiro atoms. The van der Waals surface area contributed by atoms with Gasteiger partial charge in [0, 0.05) is 4.47 Å². The number of nitrogens with two attached hydrogens (primary N) is 1. The molecule has 0 aromatic heterocycles. The van der Waals surface area contributed by atoms with Gasteiger partial charge in [-0.25, -0.2) is 0 Å².